The van der Waals surface area contributed by atoms with E-state index in [1.807, 2.05) is 69.6 Å². The van der Waals surface area contributed by atoms with Gasteiger partial charge in [-0.05, 0) is 92.6 Å². The first-order valence-electron chi connectivity index (χ1n) is 12.8. The van der Waals surface area contributed by atoms with Crippen LogP contribution < -0.4 is 15.5 Å². The minimum Gasteiger partial charge on any atom is -0.351 e. The smallest absolute Gasteiger partial charge is 0.226 e. The molecule has 8 heteroatoms. The first-order valence-corrected chi connectivity index (χ1v) is 13.2. The molecule has 1 aliphatic rings. The zero-order valence-corrected chi connectivity index (χ0v) is 23.1. The molecular weight excluding hydrogens is 492 g/mol. The molecule has 1 amide bonds. The Bertz CT molecular complexity index is 1480. The highest BCUT2D eigenvalue weighted by Crippen LogP contribution is 2.44. The zero-order chi connectivity index (χ0) is 27.0. The van der Waals surface area contributed by atoms with Crippen molar-refractivity contribution in [2.75, 3.05) is 10.2 Å². The molecule has 1 saturated heterocycles. The molecule has 0 bridgehead atoms. The number of aryl methyl sites for hydroxylation is 2. The van der Waals surface area contributed by atoms with Gasteiger partial charge in [-0.25, -0.2) is 0 Å². The first-order chi connectivity index (χ1) is 18.3. The van der Waals surface area contributed by atoms with Crippen molar-refractivity contribution in [3.8, 4) is 5.69 Å². The Hall–Kier alpha value is -4.04. The van der Waals surface area contributed by atoms with Gasteiger partial charge in [0.15, 0.2) is 5.11 Å². The number of anilines is 2. The molecule has 0 radical (unpaired) electrons. The van der Waals surface area contributed by atoms with Crippen LogP contribution in [0.4, 0.5) is 11.4 Å². The molecule has 0 unspecified atom stereocenters. The van der Waals surface area contributed by atoms with Crippen LogP contribution in [0.15, 0.2) is 73.2 Å². The number of benzene rings is 1. The highest BCUT2D eigenvalue weighted by atomic mass is 32.1. The lowest BCUT2D eigenvalue weighted by atomic mass is 9.96. The second kappa shape index (κ2) is 10.4. The van der Waals surface area contributed by atoms with Crippen LogP contribution in [0.2, 0.25) is 0 Å². The molecule has 1 aliphatic heterocycles. The summed E-state index contributed by atoms with van der Waals surface area (Å²) in [7, 11) is 0. The average Bonchev–Trinajstić information content (AvgIpc) is 3.41. The Morgan fingerprint density at radius 3 is 2.50 bits per heavy atom. The Morgan fingerprint density at radius 2 is 1.84 bits per heavy atom. The minimum atomic E-state index is -0.146. The van der Waals surface area contributed by atoms with E-state index < -0.39 is 0 Å². The third kappa shape index (κ3) is 4.67. The molecule has 7 nitrogen and oxygen atoms in total. The maximum atomic E-state index is 12.3. The monoisotopic (exact) mass is 524 g/mol. The van der Waals surface area contributed by atoms with E-state index in [1.54, 1.807) is 6.20 Å². The van der Waals surface area contributed by atoms with Crippen molar-refractivity contribution in [1.82, 2.24) is 19.9 Å². The van der Waals surface area contributed by atoms with Crippen LogP contribution in [0.25, 0.3) is 5.69 Å². The van der Waals surface area contributed by atoms with E-state index in [2.05, 4.69) is 62.1 Å². The topological polar surface area (TPSA) is 75.1 Å². The highest BCUT2D eigenvalue weighted by molar-refractivity contribution is 7.80. The minimum absolute atomic E-state index is 0.00450. The van der Waals surface area contributed by atoms with Crippen molar-refractivity contribution in [2.24, 2.45) is 5.92 Å². The Kier molecular flexibility index (Phi) is 6.99. The lowest BCUT2D eigenvalue weighted by Crippen LogP contribution is -2.29. The predicted octanol–water partition coefficient (Wildman–Crippen LogP) is 5.96. The van der Waals surface area contributed by atoms with Gasteiger partial charge in [-0.1, -0.05) is 19.9 Å². The molecule has 1 aromatic carbocycles. The van der Waals surface area contributed by atoms with Gasteiger partial charge in [0.25, 0.3) is 0 Å². The number of carbonyl (C=O) groups is 1. The number of amides is 1. The molecule has 4 aromatic rings. The molecule has 5 rings (SSSR count). The number of hydrogen-bond donors (Lipinski definition) is 2. The highest BCUT2D eigenvalue weighted by Gasteiger charge is 2.42. The maximum absolute atomic E-state index is 12.3. The predicted molar refractivity (Wildman–Crippen MR) is 156 cm³/mol. The average molecular weight is 525 g/mol. The van der Waals surface area contributed by atoms with Crippen molar-refractivity contribution in [2.45, 2.75) is 46.7 Å². The number of nitrogens with zero attached hydrogens (tertiary/aromatic N) is 4. The van der Waals surface area contributed by atoms with Crippen LogP contribution in [-0.2, 0) is 4.79 Å². The van der Waals surface area contributed by atoms with Gasteiger partial charge >= 0.3 is 0 Å². The normalized spacial score (nSPS) is 17.1. The SMILES string of the molecule is Cc1cc(N2C(=S)N[C@@H](c3ccccn3)[C@@H]2c2cc(C)n(-c3cccnc3)c2C)ccc1NC(=O)C(C)C. The van der Waals surface area contributed by atoms with Gasteiger partial charge < -0.3 is 20.1 Å². The van der Waals surface area contributed by atoms with Gasteiger partial charge in [-0.3, -0.25) is 14.8 Å². The van der Waals surface area contributed by atoms with E-state index in [0.717, 1.165) is 45.3 Å². The molecule has 2 N–H and O–H groups in total. The Morgan fingerprint density at radius 1 is 1.03 bits per heavy atom. The summed E-state index contributed by atoms with van der Waals surface area (Å²) in [4.78, 5) is 23.5. The molecule has 2 atom stereocenters. The Balaban J connectivity index is 1.61. The summed E-state index contributed by atoms with van der Waals surface area (Å²) >= 11 is 5.93. The fourth-order valence-electron chi connectivity index (χ4n) is 5.13. The van der Waals surface area contributed by atoms with Crippen LogP contribution in [0.1, 0.15) is 54.1 Å². The molecule has 194 valence electrons. The fourth-order valence-corrected chi connectivity index (χ4v) is 5.48. The van der Waals surface area contributed by atoms with Crippen molar-refractivity contribution >= 4 is 34.6 Å². The lowest BCUT2D eigenvalue weighted by Gasteiger charge is -2.29. The van der Waals surface area contributed by atoms with Crippen LogP contribution in [0, 0.1) is 26.7 Å². The van der Waals surface area contributed by atoms with Gasteiger partial charge in [0.05, 0.1) is 29.7 Å². The summed E-state index contributed by atoms with van der Waals surface area (Å²) in [6.07, 6.45) is 5.48. The van der Waals surface area contributed by atoms with Gasteiger partial charge in [-0.15, -0.1) is 0 Å². The number of aromatic nitrogens is 3. The largest absolute Gasteiger partial charge is 0.351 e. The summed E-state index contributed by atoms with van der Waals surface area (Å²) in [5.74, 6) is -0.0989. The standard InChI is InChI=1S/C30H32N6OS/c1-18(2)29(37)33-25-12-11-22(15-19(25)3)36-28(27(34-30(36)38)26-10-6-7-14-32-26)24-16-20(4)35(21(24)5)23-9-8-13-31-17-23/h6-18,27-28H,1-5H3,(H,33,37)(H,34,38)/t27-,28-/m0/s1. The van der Waals surface area contributed by atoms with Crippen LogP contribution in [0.3, 0.4) is 0 Å². The zero-order valence-electron chi connectivity index (χ0n) is 22.3. The van der Waals surface area contributed by atoms with Crippen LogP contribution >= 0.6 is 12.2 Å². The van der Waals surface area contributed by atoms with Gasteiger partial charge in [0.2, 0.25) is 5.91 Å². The van der Waals surface area contributed by atoms with Crippen LogP contribution in [0.5, 0.6) is 0 Å². The van der Waals surface area contributed by atoms with Crippen molar-refractivity contribution < 1.29 is 4.79 Å². The van der Waals surface area contributed by atoms with Crippen molar-refractivity contribution in [1.29, 1.82) is 0 Å². The molecule has 0 saturated carbocycles. The lowest BCUT2D eigenvalue weighted by molar-refractivity contribution is -0.118. The summed E-state index contributed by atoms with van der Waals surface area (Å²) in [6, 6.07) is 18.0. The summed E-state index contributed by atoms with van der Waals surface area (Å²) in [5, 5.41) is 7.21. The van der Waals surface area contributed by atoms with E-state index in [4.69, 9.17) is 12.2 Å². The van der Waals surface area contributed by atoms with Gasteiger partial charge in [-0.2, -0.15) is 0 Å². The van der Waals surface area contributed by atoms with E-state index in [9.17, 15) is 4.79 Å². The van der Waals surface area contributed by atoms with E-state index in [-0.39, 0.29) is 23.9 Å². The number of pyridine rings is 2. The summed E-state index contributed by atoms with van der Waals surface area (Å²) in [6.45, 7) is 10.0. The number of nitrogens with one attached hydrogen (secondary N) is 2. The quantitative estimate of drug-likeness (QED) is 0.303. The van der Waals surface area contributed by atoms with E-state index >= 15 is 0 Å². The number of carbonyl (C=O) groups excluding carboxylic acids is 1. The first kappa shape index (κ1) is 25.6. The Labute approximate surface area is 228 Å². The molecule has 1 fully saturated rings. The second-order valence-corrected chi connectivity index (χ2v) is 10.4. The number of rotatable bonds is 6. The summed E-state index contributed by atoms with van der Waals surface area (Å²) < 4.78 is 2.23. The van der Waals surface area contributed by atoms with Crippen molar-refractivity contribution in [3.63, 3.8) is 0 Å². The van der Waals surface area contributed by atoms with Crippen LogP contribution in [-0.4, -0.2) is 25.6 Å². The number of thiocarbonyl (C=S) groups is 1. The van der Waals surface area contributed by atoms with E-state index in [0.29, 0.717) is 5.11 Å². The molecule has 0 aliphatic carbocycles. The number of hydrogen-bond acceptors (Lipinski definition) is 4. The molecule has 0 spiro atoms. The molecule has 3 aromatic heterocycles. The van der Waals surface area contributed by atoms with Gasteiger partial charge in [0.1, 0.15) is 0 Å². The van der Waals surface area contributed by atoms with Gasteiger partial charge in [0, 0.05) is 41.1 Å². The molecular formula is C30H32N6OS. The molecule has 38 heavy (non-hydrogen) atoms. The second-order valence-electron chi connectivity index (χ2n) is 10.0. The molecule has 4 heterocycles. The summed E-state index contributed by atoms with van der Waals surface area (Å²) in [5.41, 5.74) is 8.07. The third-order valence-electron chi connectivity index (χ3n) is 7.06. The van der Waals surface area contributed by atoms with Crippen molar-refractivity contribution in [3.05, 3.63) is 101 Å². The third-order valence-corrected chi connectivity index (χ3v) is 7.38. The fraction of sp³-hybridized carbons (Fsp3) is 0.267. The maximum Gasteiger partial charge on any atom is 0.226 e. The van der Waals surface area contributed by atoms with E-state index in [1.165, 1.54) is 0 Å².